The standard InChI is InChI=1S/C11H12N2O/c12-10-6-2-1-3-8(6)13-11-7(10)4-5-9(11)14/h1-5H2,(H2,12,13). The van der Waals surface area contributed by atoms with Crippen LogP contribution in [0.15, 0.2) is 0 Å². The van der Waals surface area contributed by atoms with Gasteiger partial charge in [-0.3, -0.25) is 4.79 Å². The van der Waals surface area contributed by atoms with Crippen molar-refractivity contribution in [2.45, 2.75) is 32.1 Å². The lowest BCUT2D eigenvalue weighted by molar-refractivity contribution is 0.0990. The van der Waals surface area contributed by atoms with Crippen LogP contribution in [-0.2, 0) is 19.3 Å². The first-order chi connectivity index (χ1) is 6.77. The van der Waals surface area contributed by atoms with Gasteiger partial charge in [0, 0.05) is 23.4 Å². The monoisotopic (exact) mass is 188 g/mol. The molecule has 0 aliphatic heterocycles. The van der Waals surface area contributed by atoms with Crippen molar-refractivity contribution in [3.8, 4) is 0 Å². The zero-order chi connectivity index (χ0) is 9.71. The number of anilines is 1. The van der Waals surface area contributed by atoms with Crippen molar-refractivity contribution in [2.75, 3.05) is 5.73 Å². The third-order valence-electron chi connectivity index (χ3n) is 3.24. The molecule has 1 heterocycles. The van der Waals surface area contributed by atoms with E-state index in [1.165, 1.54) is 5.56 Å². The van der Waals surface area contributed by atoms with Gasteiger partial charge in [-0.15, -0.1) is 0 Å². The van der Waals surface area contributed by atoms with Crippen molar-refractivity contribution >= 4 is 11.5 Å². The number of nitrogens with two attached hydrogens (primary N) is 1. The lowest BCUT2D eigenvalue weighted by Crippen LogP contribution is -2.05. The highest BCUT2D eigenvalue weighted by molar-refractivity contribution is 6.00. The number of nitrogens with zero attached hydrogens (tertiary/aromatic N) is 1. The maximum absolute atomic E-state index is 11.5. The highest BCUT2D eigenvalue weighted by atomic mass is 16.1. The van der Waals surface area contributed by atoms with Gasteiger partial charge < -0.3 is 5.73 Å². The predicted octanol–water partition coefficient (Wildman–Crippen LogP) is 1.28. The van der Waals surface area contributed by atoms with Crippen LogP contribution in [-0.4, -0.2) is 10.8 Å². The van der Waals surface area contributed by atoms with Crippen molar-refractivity contribution in [1.29, 1.82) is 0 Å². The van der Waals surface area contributed by atoms with E-state index in [2.05, 4.69) is 4.98 Å². The van der Waals surface area contributed by atoms with E-state index < -0.39 is 0 Å². The van der Waals surface area contributed by atoms with Gasteiger partial charge in [0.15, 0.2) is 5.78 Å². The highest BCUT2D eigenvalue weighted by Crippen LogP contribution is 2.34. The lowest BCUT2D eigenvalue weighted by atomic mass is 10.1. The summed E-state index contributed by atoms with van der Waals surface area (Å²) in [5, 5.41) is 0. The maximum Gasteiger partial charge on any atom is 0.181 e. The molecule has 0 saturated heterocycles. The molecule has 0 fully saturated rings. The molecule has 0 radical (unpaired) electrons. The number of carbonyl (C=O) groups excluding carboxylic acids is 1. The Balaban J connectivity index is 2.29. The average molecular weight is 188 g/mol. The highest BCUT2D eigenvalue weighted by Gasteiger charge is 2.28. The number of ketones is 1. The van der Waals surface area contributed by atoms with Crippen LogP contribution >= 0.6 is 0 Å². The predicted molar refractivity (Wildman–Crippen MR) is 53.3 cm³/mol. The first-order valence-electron chi connectivity index (χ1n) is 5.10. The number of aromatic nitrogens is 1. The van der Waals surface area contributed by atoms with Crippen molar-refractivity contribution < 1.29 is 4.79 Å². The number of hydrogen-bond acceptors (Lipinski definition) is 3. The Bertz CT molecular complexity index is 437. The number of hydrogen-bond donors (Lipinski definition) is 1. The van der Waals surface area contributed by atoms with Crippen LogP contribution in [0.4, 0.5) is 5.69 Å². The van der Waals surface area contributed by atoms with E-state index in [0.29, 0.717) is 12.1 Å². The van der Waals surface area contributed by atoms with Gasteiger partial charge in [-0.1, -0.05) is 0 Å². The molecule has 1 aromatic heterocycles. The van der Waals surface area contributed by atoms with E-state index in [1.54, 1.807) is 0 Å². The van der Waals surface area contributed by atoms with Gasteiger partial charge in [0.1, 0.15) is 5.69 Å². The van der Waals surface area contributed by atoms with Crippen LogP contribution in [0.25, 0.3) is 0 Å². The van der Waals surface area contributed by atoms with Crippen molar-refractivity contribution in [2.24, 2.45) is 0 Å². The SMILES string of the molecule is Nc1c2c(nc3c1CCC3=O)CCC2. The molecule has 0 atom stereocenters. The van der Waals surface area contributed by atoms with Crippen LogP contribution in [0, 0.1) is 0 Å². The summed E-state index contributed by atoms with van der Waals surface area (Å²) in [4.78, 5) is 15.9. The Hall–Kier alpha value is -1.38. The average Bonchev–Trinajstić information content (AvgIpc) is 2.75. The quantitative estimate of drug-likeness (QED) is 0.667. The molecule has 3 nitrogen and oxygen atoms in total. The molecule has 0 spiro atoms. The minimum atomic E-state index is 0.168. The summed E-state index contributed by atoms with van der Waals surface area (Å²) in [7, 11) is 0. The number of rotatable bonds is 0. The molecule has 0 bridgehead atoms. The molecule has 2 aliphatic rings. The Labute approximate surface area is 82.3 Å². The molecule has 14 heavy (non-hydrogen) atoms. The van der Waals surface area contributed by atoms with Crippen LogP contribution in [0.5, 0.6) is 0 Å². The Morgan fingerprint density at radius 3 is 2.79 bits per heavy atom. The van der Waals surface area contributed by atoms with Gasteiger partial charge in [-0.2, -0.15) is 0 Å². The van der Waals surface area contributed by atoms with E-state index in [-0.39, 0.29) is 5.78 Å². The van der Waals surface area contributed by atoms with Crippen molar-refractivity contribution in [3.05, 3.63) is 22.5 Å². The van der Waals surface area contributed by atoms with Crippen molar-refractivity contribution in [1.82, 2.24) is 4.98 Å². The normalized spacial score (nSPS) is 18.4. The second kappa shape index (κ2) is 2.56. The van der Waals surface area contributed by atoms with Crippen LogP contribution < -0.4 is 5.73 Å². The lowest BCUT2D eigenvalue weighted by Gasteiger charge is -2.08. The second-order valence-electron chi connectivity index (χ2n) is 4.05. The number of aryl methyl sites for hydroxylation is 1. The van der Waals surface area contributed by atoms with E-state index in [0.717, 1.165) is 42.6 Å². The third kappa shape index (κ3) is 0.870. The smallest absolute Gasteiger partial charge is 0.181 e. The minimum Gasteiger partial charge on any atom is -0.398 e. The molecule has 2 aliphatic carbocycles. The minimum absolute atomic E-state index is 0.168. The van der Waals surface area contributed by atoms with Crippen molar-refractivity contribution in [3.63, 3.8) is 0 Å². The molecule has 0 amide bonds. The van der Waals surface area contributed by atoms with E-state index in [1.807, 2.05) is 0 Å². The molecule has 3 heteroatoms. The molecule has 0 unspecified atom stereocenters. The van der Waals surface area contributed by atoms with Gasteiger partial charge in [0.05, 0.1) is 0 Å². The third-order valence-corrected chi connectivity index (χ3v) is 3.24. The summed E-state index contributed by atoms with van der Waals surface area (Å²) in [6, 6.07) is 0. The zero-order valence-corrected chi connectivity index (χ0v) is 7.97. The van der Waals surface area contributed by atoms with Crippen LogP contribution in [0.1, 0.15) is 40.2 Å². The number of nitrogen functional groups attached to an aromatic ring is 1. The first kappa shape index (κ1) is 7.97. The van der Waals surface area contributed by atoms with E-state index in [4.69, 9.17) is 5.73 Å². The van der Waals surface area contributed by atoms with Gasteiger partial charge in [-0.25, -0.2) is 4.98 Å². The fourth-order valence-electron chi connectivity index (χ4n) is 2.49. The summed E-state index contributed by atoms with van der Waals surface area (Å²) in [6.45, 7) is 0. The van der Waals surface area contributed by atoms with E-state index >= 15 is 0 Å². The van der Waals surface area contributed by atoms with Crippen LogP contribution in [0.2, 0.25) is 0 Å². The zero-order valence-electron chi connectivity index (χ0n) is 7.97. The first-order valence-corrected chi connectivity index (χ1v) is 5.10. The molecular formula is C11H12N2O. The van der Waals surface area contributed by atoms with Gasteiger partial charge in [-0.05, 0) is 31.2 Å². The van der Waals surface area contributed by atoms with Gasteiger partial charge in [0.2, 0.25) is 0 Å². The molecule has 1 aromatic rings. The summed E-state index contributed by atoms with van der Waals surface area (Å²) in [5.74, 6) is 0.168. The Morgan fingerprint density at radius 2 is 1.93 bits per heavy atom. The fourth-order valence-corrected chi connectivity index (χ4v) is 2.49. The number of fused-ring (bicyclic) bond motifs is 2. The Morgan fingerprint density at radius 1 is 1.07 bits per heavy atom. The van der Waals surface area contributed by atoms with E-state index in [9.17, 15) is 4.79 Å². The topological polar surface area (TPSA) is 56.0 Å². The molecule has 2 N–H and O–H groups in total. The molecule has 72 valence electrons. The number of carbonyl (C=O) groups is 1. The molecule has 0 saturated carbocycles. The maximum atomic E-state index is 11.5. The number of Topliss-reactive ketones (excluding diaryl/α,β-unsaturated/α-hetero) is 1. The molecule has 0 aromatic carbocycles. The number of pyridine rings is 1. The Kier molecular flexibility index (Phi) is 1.46. The summed E-state index contributed by atoms with van der Waals surface area (Å²) in [6.07, 6.45) is 4.54. The van der Waals surface area contributed by atoms with Gasteiger partial charge in [0.25, 0.3) is 0 Å². The summed E-state index contributed by atoms with van der Waals surface area (Å²) >= 11 is 0. The summed E-state index contributed by atoms with van der Waals surface area (Å²) in [5.41, 5.74) is 10.8. The second-order valence-corrected chi connectivity index (χ2v) is 4.05. The molecular weight excluding hydrogens is 176 g/mol. The van der Waals surface area contributed by atoms with Gasteiger partial charge >= 0.3 is 0 Å². The largest absolute Gasteiger partial charge is 0.398 e. The fraction of sp³-hybridized carbons (Fsp3) is 0.455. The summed E-state index contributed by atoms with van der Waals surface area (Å²) < 4.78 is 0. The van der Waals surface area contributed by atoms with Crippen LogP contribution in [0.3, 0.4) is 0 Å². The molecule has 3 rings (SSSR count).